The second-order valence-corrected chi connectivity index (χ2v) is 4.92. The molecular weight excluding hydrogens is 196 g/mol. The standard InChI is InChI=1S/C14H22N2/c1-10-4-5-14(12(3)11(10)2)16-9-13-6-7-15-8-13/h4-5,13,15-16H,6-9H2,1-3H3. The Balaban J connectivity index is 2.01. The fraction of sp³-hybridized carbons (Fsp3) is 0.571. The van der Waals surface area contributed by atoms with Crippen LogP contribution in [0.4, 0.5) is 5.69 Å². The van der Waals surface area contributed by atoms with Crippen LogP contribution in [0.25, 0.3) is 0 Å². The van der Waals surface area contributed by atoms with Crippen molar-refractivity contribution in [2.24, 2.45) is 5.92 Å². The lowest BCUT2D eigenvalue weighted by Gasteiger charge is -2.15. The monoisotopic (exact) mass is 218 g/mol. The Hall–Kier alpha value is -1.02. The molecule has 1 aliphatic rings. The Morgan fingerprint density at radius 3 is 2.75 bits per heavy atom. The minimum Gasteiger partial charge on any atom is -0.384 e. The molecule has 0 saturated carbocycles. The molecule has 1 atom stereocenters. The van der Waals surface area contributed by atoms with E-state index in [0.29, 0.717) is 0 Å². The van der Waals surface area contributed by atoms with Gasteiger partial charge in [-0.05, 0) is 69.0 Å². The molecule has 88 valence electrons. The van der Waals surface area contributed by atoms with Gasteiger partial charge in [0, 0.05) is 12.2 Å². The van der Waals surface area contributed by atoms with E-state index in [4.69, 9.17) is 0 Å². The number of nitrogens with one attached hydrogen (secondary N) is 2. The summed E-state index contributed by atoms with van der Waals surface area (Å²) in [5, 5.41) is 6.99. The third-order valence-corrected chi connectivity index (χ3v) is 3.80. The average molecular weight is 218 g/mol. The predicted octanol–water partition coefficient (Wildman–Crippen LogP) is 2.63. The highest BCUT2D eigenvalue weighted by Gasteiger charge is 2.14. The fourth-order valence-electron chi connectivity index (χ4n) is 2.29. The number of hydrogen-bond acceptors (Lipinski definition) is 2. The molecule has 16 heavy (non-hydrogen) atoms. The van der Waals surface area contributed by atoms with Crippen molar-refractivity contribution in [2.75, 3.05) is 25.0 Å². The molecule has 1 heterocycles. The number of rotatable bonds is 3. The van der Waals surface area contributed by atoms with Gasteiger partial charge in [0.1, 0.15) is 0 Å². The zero-order valence-corrected chi connectivity index (χ0v) is 10.6. The van der Waals surface area contributed by atoms with Crippen LogP contribution in [0.1, 0.15) is 23.1 Å². The van der Waals surface area contributed by atoms with Gasteiger partial charge in [-0.3, -0.25) is 0 Å². The number of anilines is 1. The molecule has 1 aliphatic heterocycles. The Morgan fingerprint density at radius 2 is 2.06 bits per heavy atom. The molecule has 1 saturated heterocycles. The maximum absolute atomic E-state index is 3.58. The van der Waals surface area contributed by atoms with Gasteiger partial charge in [-0.2, -0.15) is 0 Å². The summed E-state index contributed by atoms with van der Waals surface area (Å²) in [6.45, 7) is 10.0. The Bertz CT molecular complexity index is 365. The SMILES string of the molecule is Cc1ccc(NCC2CCNC2)c(C)c1C. The normalized spacial score (nSPS) is 20.1. The lowest BCUT2D eigenvalue weighted by atomic mass is 10.0. The van der Waals surface area contributed by atoms with Crippen molar-refractivity contribution in [1.82, 2.24) is 5.32 Å². The highest BCUT2D eigenvalue weighted by Crippen LogP contribution is 2.22. The zero-order chi connectivity index (χ0) is 11.5. The van der Waals surface area contributed by atoms with E-state index in [1.807, 2.05) is 0 Å². The summed E-state index contributed by atoms with van der Waals surface area (Å²) < 4.78 is 0. The zero-order valence-electron chi connectivity index (χ0n) is 10.6. The molecular formula is C14H22N2. The van der Waals surface area contributed by atoms with Crippen molar-refractivity contribution in [2.45, 2.75) is 27.2 Å². The van der Waals surface area contributed by atoms with Gasteiger partial charge in [0.25, 0.3) is 0 Å². The van der Waals surface area contributed by atoms with E-state index in [9.17, 15) is 0 Å². The molecule has 2 N–H and O–H groups in total. The summed E-state index contributed by atoms with van der Waals surface area (Å²) in [6.07, 6.45) is 1.30. The second kappa shape index (κ2) is 4.88. The topological polar surface area (TPSA) is 24.1 Å². The first-order chi connectivity index (χ1) is 7.68. The van der Waals surface area contributed by atoms with Crippen molar-refractivity contribution in [1.29, 1.82) is 0 Å². The fourth-order valence-corrected chi connectivity index (χ4v) is 2.29. The van der Waals surface area contributed by atoms with Gasteiger partial charge in [0.05, 0.1) is 0 Å². The summed E-state index contributed by atoms with van der Waals surface area (Å²) in [4.78, 5) is 0. The molecule has 2 nitrogen and oxygen atoms in total. The predicted molar refractivity (Wildman–Crippen MR) is 70.1 cm³/mol. The van der Waals surface area contributed by atoms with Crippen molar-refractivity contribution in [3.05, 3.63) is 28.8 Å². The van der Waals surface area contributed by atoms with E-state index in [-0.39, 0.29) is 0 Å². The first kappa shape index (κ1) is 11.5. The second-order valence-electron chi connectivity index (χ2n) is 4.92. The summed E-state index contributed by atoms with van der Waals surface area (Å²) in [5.74, 6) is 0.793. The van der Waals surface area contributed by atoms with Crippen molar-refractivity contribution in [3.8, 4) is 0 Å². The van der Waals surface area contributed by atoms with Gasteiger partial charge in [-0.1, -0.05) is 6.07 Å². The maximum atomic E-state index is 3.58. The molecule has 1 aromatic carbocycles. The Labute approximate surface area is 98.4 Å². The minimum absolute atomic E-state index is 0.793. The molecule has 0 bridgehead atoms. The van der Waals surface area contributed by atoms with E-state index in [2.05, 4.69) is 43.5 Å². The van der Waals surface area contributed by atoms with Crippen LogP contribution in [0.3, 0.4) is 0 Å². The molecule has 0 amide bonds. The van der Waals surface area contributed by atoms with Crippen LogP contribution in [-0.4, -0.2) is 19.6 Å². The highest BCUT2D eigenvalue weighted by atomic mass is 14.9. The van der Waals surface area contributed by atoms with E-state index >= 15 is 0 Å². The van der Waals surface area contributed by atoms with E-state index in [1.54, 1.807) is 0 Å². The van der Waals surface area contributed by atoms with Crippen LogP contribution in [0.2, 0.25) is 0 Å². The van der Waals surface area contributed by atoms with Crippen LogP contribution in [0.15, 0.2) is 12.1 Å². The molecule has 0 spiro atoms. The third-order valence-electron chi connectivity index (χ3n) is 3.80. The number of hydrogen-bond donors (Lipinski definition) is 2. The van der Waals surface area contributed by atoms with E-state index in [0.717, 1.165) is 19.0 Å². The van der Waals surface area contributed by atoms with Crippen LogP contribution >= 0.6 is 0 Å². The van der Waals surface area contributed by atoms with Crippen LogP contribution in [0, 0.1) is 26.7 Å². The first-order valence-corrected chi connectivity index (χ1v) is 6.20. The number of aryl methyl sites for hydroxylation is 1. The van der Waals surface area contributed by atoms with Crippen molar-refractivity contribution >= 4 is 5.69 Å². The van der Waals surface area contributed by atoms with Gasteiger partial charge < -0.3 is 10.6 Å². The largest absolute Gasteiger partial charge is 0.384 e. The smallest absolute Gasteiger partial charge is 0.0372 e. The van der Waals surface area contributed by atoms with Crippen LogP contribution in [0.5, 0.6) is 0 Å². The molecule has 1 unspecified atom stereocenters. The first-order valence-electron chi connectivity index (χ1n) is 6.20. The molecule has 2 rings (SSSR count). The number of benzene rings is 1. The van der Waals surface area contributed by atoms with Crippen molar-refractivity contribution in [3.63, 3.8) is 0 Å². The van der Waals surface area contributed by atoms with E-state index in [1.165, 1.54) is 35.3 Å². The van der Waals surface area contributed by atoms with E-state index < -0.39 is 0 Å². The lowest BCUT2D eigenvalue weighted by Crippen LogP contribution is -2.17. The minimum atomic E-state index is 0.793. The molecule has 0 aliphatic carbocycles. The van der Waals surface area contributed by atoms with Crippen LogP contribution < -0.4 is 10.6 Å². The Kier molecular flexibility index (Phi) is 3.49. The average Bonchev–Trinajstić information content (AvgIpc) is 2.78. The summed E-state index contributed by atoms with van der Waals surface area (Å²) >= 11 is 0. The van der Waals surface area contributed by atoms with Crippen LogP contribution in [-0.2, 0) is 0 Å². The highest BCUT2D eigenvalue weighted by molar-refractivity contribution is 5.56. The van der Waals surface area contributed by atoms with Gasteiger partial charge in [0.2, 0.25) is 0 Å². The van der Waals surface area contributed by atoms with Gasteiger partial charge >= 0.3 is 0 Å². The Morgan fingerprint density at radius 1 is 1.25 bits per heavy atom. The maximum Gasteiger partial charge on any atom is 0.0372 e. The lowest BCUT2D eigenvalue weighted by molar-refractivity contribution is 0.615. The van der Waals surface area contributed by atoms with Crippen molar-refractivity contribution < 1.29 is 0 Å². The summed E-state index contributed by atoms with van der Waals surface area (Å²) in [6, 6.07) is 4.41. The molecule has 1 fully saturated rings. The molecule has 0 radical (unpaired) electrons. The van der Waals surface area contributed by atoms with Gasteiger partial charge in [-0.25, -0.2) is 0 Å². The molecule has 0 aromatic heterocycles. The van der Waals surface area contributed by atoms with Gasteiger partial charge in [-0.15, -0.1) is 0 Å². The quantitative estimate of drug-likeness (QED) is 0.815. The molecule has 1 aromatic rings. The summed E-state index contributed by atoms with van der Waals surface area (Å²) in [5.41, 5.74) is 5.49. The third kappa shape index (κ3) is 2.38. The molecule has 2 heteroatoms. The summed E-state index contributed by atoms with van der Waals surface area (Å²) in [7, 11) is 0. The van der Waals surface area contributed by atoms with Gasteiger partial charge in [0.15, 0.2) is 0 Å².